The summed E-state index contributed by atoms with van der Waals surface area (Å²) in [7, 11) is 0. The van der Waals surface area contributed by atoms with Gasteiger partial charge < -0.3 is 46.6 Å². The van der Waals surface area contributed by atoms with Crippen LogP contribution in [0.5, 0.6) is 11.5 Å². The largest absolute Gasteiger partial charge is 0.507 e. The predicted molar refractivity (Wildman–Crippen MR) is 281 cm³/mol. The molecule has 0 saturated carbocycles. The Balaban J connectivity index is 0.833. The van der Waals surface area contributed by atoms with Gasteiger partial charge in [0.2, 0.25) is 29.5 Å². The molecule has 3 heterocycles. The van der Waals surface area contributed by atoms with Crippen molar-refractivity contribution in [3.05, 3.63) is 114 Å². The van der Waals surface area contributed by atoms with Crippen molar-refractivity contribution >= 4 is 97.6 Å². The summed E-state index contributed by atoms with van der Waals surface area (Å²) in [4.78, 5) is 106. The van der Waals surface area contributed by atoms with Gasteiger partial charge >= 0.3 is 6.03 Å². The lowest BCUT2D eigenvalue weighted by molar-refractivity contribution is -0.137. The minimum Gasteiger partial charge on any atom is -0.507 e. The summed E-state index contributed by atoms with van der Waals surface area (Å²) in [6.07, 6.45) is 5.98. The van der Waals surface area contributed by atoms with E-state index in [0.29, 0.717) is 80.0 Å². The summed E-state index contributed by atoms with van der Waals surface area (Å²) in [5, 5.41) is 24.8. The minimum absolute atomic E-state index is 0.0838. The molecule has 386 valence electrons. The van der Waals surface area contributed by atoms with E-state index in [1.807, 2.05) is 54.6 Å². The average Bonchev–Trinajstić information content (AvgIpc) is 4.11. The lowest BCUT2D eigenvalue weighted by atomic mass is 9.95. The van der Waals surface area contributed by atoms with Crippen LogP contribution in [0.15, 0.2) is 97.1 Å². The number of ether oxygens (including phenoxy) is 1. The van der Waals surface area contributed by atoms with E-state index in [0.717, 1.165) is 43.4 Å². The van der Waals surface area contributed by atoms with Crippen molar-refractivity contribution in [1.29, 1.82) is 0 Å². The fourth-order valence-corrected chi connectivity index (χ4v) is 10.1. The topological polar surface area (TPSA) is 250 Å². The molecule has 3 aliphatic rings. The monoisotopic (exact) mass is 1030 g/mol. The first kappa shape index (κ1) is 52.3. The SMILES string of the molecule is NC(=O)NCCC[C@H](NC(=O)CNC(=O)CCCCCN1C(=O)C=CC1=O)C(=O)Nc1ccc(COc2cc3c(c4ccccc24)CCN3C(=O)CCCC(=O)N2C[C@@H](CCl)c3c2cc(O)c2ccccc32)cc1. The van der Waals surface area contributed by atoms with Crippen LogP contribution in [0.1, 0.15) is 80.4 Å². The molecule has 0 saturated heterocycles. The normalized spacial score (nSPS) is 15.0. The third kappa shape index (κ3) is 12.4. The van der Waals surface area contributed by atoms with Crippen molar-refractivity contribution < 1.29 is 48.2 Å². The van der Waals surface area contributed by atoms with Gasteiger partial charge in [0.25, 0.3) is 11.8 Å². The molecule has 3 aliphatic heterocycles. The number of hydrogen-bond acceptors (Lipinski definition) is 10. The Morgan fingerprint density at radius 2 is 1.43 bits per heavy atom. The van der Waals surface area contributed by atoms with Crippen LogP contribution in [0.4, 0.5) is 21.9 Å². The number of phenols is 1. The lowest BCUT2D eigenvalue weighted by Crippen LogP contribution is -2.47. The Labute approximate surface area is 432 Å². The van der Waals surface area contributed by atoms with E-state index in [-0.39, 0.29) is 93.1 Å². The van der Waals surface area contributed by atoms with E-state index in [4.69, 9.17) is 22.1 Å². The number of benzene rings is 5. The van der Waals surface area contributed by atoms with Gasteiger partial charge in [0.05, 0.1) is 17.9 Å². The molecule has 74 heavy (non-hydrogen) atoms. The zero-order valence-electron chi connectivity index (χ0n) is 40.8. The number of aromatic hydroxyl groups is 1. The minimum atomic E-state index is -1.01. The van der Waals surface area contributed by atoms with Crippen LogP contribution in [0.2, 0.25) is 0 Å². The van der Waals surface area contributed by atoms with E-state index in [9.17, 15) is 43.5 Å². The highest BCUT2D eigenvalue weighted by atomic mass is 35.5. The van der Waals surface area contributed by atoms with Gasteiger partial charge in [-0.3, -0.25) is 38.5 Å². The molecule has 0 radical (unpaired) electrons. The number of carbonyl (C=O) groups excluding carboxylic acids is 8. The summed E-state index contributed by atoms with van der Waals surface area (Å²) in [5.41, 5.74) is 9.86. The van der Waals surface area contributed by atoms with Gasteiger partial charge in [-0.1, -0.05) is 67.1 Å². The Kier molecular flexibility index (Phi) is 17.1. The number of carbonyl (C=O) groups is 8. The molecule has 0 unspecified atom stereocenters. The first-order valence-electron chi connectivity index (χ1n) is 24.9. The number of amides is 9. The van der Waals surface area contributed by atoms with Crippen LogP contribution in [0, 0.1) is 0 Å². The Morgan fingerprint density at radius 3 is 2.15 bits per heavy atom. The predicted octanol–water partition coefficient (Wildman–Crippen LogP) is 6.18. The number of rotatable bonds is 23. The Hall–Kier alpha value is -7.99. The Morgan fingerprint density at radius 1 is 0.743 bits per heavy atom. The van der Waals surface area contributed by atoms with Crippen molar-refractivity contribution in [1.82, 2.24) is 20.9 Å². The highest BCUT2D eigenvalue weighted by Crippen LogP contribution is 2.46. The van der Waals surface area contributed by atoms with Crippen molar-refractivity contribution in [2.45, 2.75) is 82.8 Å². The molecule has 0 aromatic heterocycles. The highest BCUT2D eigenvalue weighted by molar-refractivity contribution is 6.19. The van der Waals surface area contributed by atoms with Crippen molar-refractivity contribution in [3.8, 4) is 11.5 Å². The number of halogens is 1. The number of primary amides is 1. The van der Waals surface area contributed by atoms with Crippen LogP contribution in [0.25, 0.3) is 21.5 Å². The maximum absolute atomic E-state index is 13.9. The smallest absolute Gasteiger partial charge is 0.312 e. The van der Waals surface area contributed by atoms with Crippen molar-refractivity contribution in [2.75, 3.05) is 53.7 Å². The van der Waals surface area contributed by atoms with Gasteiger partial charge in [-0.25, -0.2) is 4.79 Å². The fourth-order valence-electron chi connectivity index (χ4n) is 9.82. The molecule has 19 heteroatoms. The van der Waals surface area contributed by atoms with E-state index in [1.165, 1.54) is 12.2 Å². The highest BCUT2D eigenvalue weighted by Gasteiger charge is 2.35. The average molecular weight is 1030 g/mol. The number of phenolic OH excluding ortho intramolecular Hbond substituents is 1. The van der Waals surface area contributed by atoms with Gasteiger partial charge in [0.15, 0.2) is 0 Å². The second-order valence-electron chi connectivity index (χ2n) is 18.6. The third-order valence-electron chi connectivity index (χ3n) is 13.6. The molecule has 18 nitrogen and oxygen atoms in total. The van der Waals surface area contributed by atoms with Gasteiger partial charge in [-0.15, -0.1) is 11.6 Å². The Bertz CT molecular complexity index is 3000. The van der Waals surface area contributed by atoms with Gasteiger partial charge in [0.1, 0.15) is 24.1 Å². The summed E-state index contributed by atoms with van der Waals surface area (Å²) in [6.45, 7) is 1.13. The number of nitrogens with zero attached hydrogens (tertiary/aromatic N) is 3. The van der Waals surface area contributed by atoms with E-state index in [2.05, 4.69) is 21.3 Å². The summed E-state index contributed by atoms with van der Waals surface area (Å²) in [5.74, 6) is -1.47. The van der Waals surface area contributed by atoms with Gasteiger partial charge in [-0.05, 0) is 78.1 Å². The maximum atomic E-state index is 13.9. The molecule has 9 amide bonds. The number of hydrogen-bond donors (Lipinski definition) is 6. The second kappa shape index (κ2) is 24.2. The summed E-state index contributed by atoms with van der Waals surface area (Å²) < 4.78 is 6.44. The maximum Gasteiger partial charge on any atom is 0.312 e. The van der Waals surface area contributed by atoms with E-state index in [1.54, 1.807) is 40.1 Å². The first-order chi connectivity index (χ1) is 35.8. The second-order valence-corrected chi connectivity index (χ2v) is 18.9. The standard InChI is InChI=1S/C55H59ClN8O10/c56-30-35-32-64(44-28-45(65)39-11-4-6-13-41(39)53(35)44)50(69)17-8-16-49(68)62-27-24-38-37-10-3-5-12-40(37)46(29-43(38)62)74-33-34-18-20-36(21-19-34)60-54(72)42(14-9-25-58-55(57)73)61-48(67)31-59-47(66)15-2-1-7-26-63-51(70)22-23-52(63)71/h3-6,10-13,18-23,28-29,35,42,65H,1-2,7-9,14-17,24-27,30-33H2,(H,59,66)(H,60,72)(H,61,67)(H3,57,58,73)/t35-,42+/m1/s1. The molecule has 0 spiro atoms. The molecular formula is C55H59ClN8O10. The summed E-state index contributed by atoms with van der Waals surface area (Å²) in [6, 6.07) is 24.2. The zero-order valence-corrected chi connectivity index (χ0v) is 41.6. The van der Waals surface area contributed by atoms with Crippen LogP contribution in [-0.2, 0) is 46.6 Å². The number of unbranched alkanes of at least 4 members (excludes halogenated alkanes) is 2. The molecule has 7 N–H and O–H groups in total. The third-order valence-corrected chi connectivity index (χ3v) is 13.9. The van der Waals surface area contributed by atoms with Crippen LogP contribution >= 0.6 is 11.6 Å². The molecule has 2 atom stereocenters. The van der Waals surface area contributed by atoms with Crippen LogP contribution in [0.3, 0.4) is 0 Å². The van der Waals surface area contributed by atoms with Crippen LogP contribution in [-0.4, -0.2) is 102 Å². The van der Waals surface area contributed by atoms with E-state index < -0.39 is 23.9 Å². The fraction of sp³-hybridized carbons (Fsp3) is 0.345. The number of fused-ring (bicyclic) bond motifs is 6. The number of imide groups is 1. The lowest BCUT2D eigenvalue weighted by Gasteiger charge is -2.21. The van der Waals surface area contributed by atoms with E-state index >= 15 is 0 Å². The molecule has 5 aromatic carbocycles. The molecule has 5 aromatic rings. The number of alkyl halides is 1. The zero-order chi connectivity index (χ0) is 52.3. The molecule has 0 bridgehead atoms. The molecule has 0 aliphatic carbocycles. The summed E-state index contributed by atoms with van der Waals surface area (Å²) >= 11 is 6.39. The quantitative estimate of drug-likeness (QED) is 0.0246. The van der Waals surface area contributed by atoms with Crippen LogP contribution < -0.4 is 41.5 Å². The number of urea groups is 1. The number of nitrogens with one attached hydrogen (secondary N) is 4. The molecular weight excluding hydrogens is 968 g/mol. The molecule has 8 rings (SSSR count). The van der Waals surface area contributed by atoms with Gasteiger partial charge in [0, 0.05) is 98.0 Å². The number of nitrogens with two attached hydrogens (primary N) is 1. The van der Waals surface area contributed by atoms with Gasteiger partial charge in [-0.2, -0.15) is 0 Å². The molecule has 0 fully saturated rings. The first-order valence-corrected chi connectivity index (χ1v) is 25.4. The number of anilines is 3. The van der Waals surface area contributed by atoms with Crippen molar-refractivity contribution in [3.63, 3.8) is 0 Å². The van der Waals surface area contributed by atoms with Crippen molar-refractivity contribution in [2.24, 2.45) is 5.73 Å².